The SMILES string of the molecule is COc1ccc(C=CC(=O)c2cc(-c3cc(Cl)cc(Cl)c3)c(OC)cc2OC)cc1CN(C)C. The smallest absolute Gasteiger partial charge is 0.189 e. The van der Waals surface area contributed by atoms with Gasteiger partial charge in [-0.15, -0.1) is 0 Å². The summed E-state index contributed by atoms with van der Waals surface area (Å²) >= 11 is 12.4. The van der Waals surface area contributed by atoms with Crippen molar-refractivity contribution < 1.29 is 19.0 Å². The number of ether oxygens (including phenoxy) is 3. The molecule has 0 heterocycles. The minimum Gasteiger partial charge on any atom is -0.496 e. The van der Waals surface area contributed by atoms with E-state index in [2.05, 4.69) is 4.90 Å². The number of ketones is 1. The first-order chi connectivity index (χ1) is 16.2. The molecule has 0 aliphatic rings. The molecule has 34 heavy (non-hydrogen) atoms. The molecule has 0 unspecified atom stereocenters. The van der Waals surface area contributed by atoms with E-state index in [0.717, 1.165) is 29.0 Å². The average Bonchev–Trinajstić information content (AvgIpc) is 2.80. The molecule has 0 aromatic heterocycles. The van der Waals surface area contributed by atoms with Crippen LogP contribution in [-0.2, 0) is 6.54 Å². The van der Waals surface area contributed by atoms with Crippen LogP contribution in [0.15, 0.2) is 54.6 Å². The first-order valence-corrected chi connectivity index (χ1v) is 11.3. The summed E-state index contributed by atoms with van der Waals surface area (Å²) in [5.41, 5.74) is 3.73. The predicted molar refractivity (Wildman–Crippen MR) is 139 cm³/mol. The molecule has 3 rings (SSSR count). The summed E-state index contributed by atoms with van der Waals surface area (Å²) in [6.07, 6.45) is 3.31. The van der Waals surface area contributed by atoms with Crippen molar-refractivity contribution >= 4 is 35.1 Å². The average molecular weight is 500 g/mol. The molecule has 0 bridgehead atoms. The minimum absolute atomic E-state index is 0.209. The fraction of sp³-hybridized carbons (Fsp3) is 0.222. The standard InChI is InChI=1S/C27H27Cl2NO4/c1-30(2)16-19-10-17(7-9-25(19)32-3)6-8-24(31)23-14-22(26(33-4)15-27(23)34-5)18-11-20(28)13-21(29)12-18/h6-15H,16H2,1-5H3. The number of rotatable bonds is 9. The highest BCUT2D eigenvalue weighted by molar-refractivity contribution is 6.35. The number of nitrogens with zero attached hydrogens (tertiary/aromatic N) is 1. The number of allylic oxidation sites excluding steroid dienone is 1. The van der Waals surface area contributed by atoms with Crippen LogP contribution in [0.25, 0.3) is 17.2 Å². The van der Waals surface area contributed by atoms with Crippen molar-refractivity contribution in [1.82, 2.24) is 4.90 Å². The van der Waals surface area contributed by atoms with Crippen LogP contribution in [-0.4, -0.2) is 46.1 Å². The second-order valence-corrected chi connectivity index (χ2v) is 8.79. The largest absolute Gasteiger partial charge is 0.496 e. The predicted octanol–water partition coefficient (Wildman–Crippen LogP) is 6.64. The van der Waals surface area contributed by atoms with Gasteiger partial charge in [-0.3, -0.25) is 4.79 Å². The summed E-state index contributed by atoms with van der Waals surface area (Å²) in [6.45, 7) is 0.719. The van der Waals surface area contributed by atoms with Gasteiger partial charge in [0, 0.05) is 33.8 Å². The summed E-state index contributed by atoms with van der Waals surface area (Å²) in [6, 6.07) is 14.4. The summed E-state index contributed by atoms with van der Waals surface area (Å²) in [5.74, 6) is 1.54. The maximum absolute atomic E-state index is 13.2. The number of carbonyl (C=O) groups excluding carboxylic acids is 1. The van der Waals surface area contributed by atoms with Crippen LogP contribution in [0.5, 0.6) is 17.2 Å². The third-order valence-electron chi connectivity index (χ3n) is 5.18. The van der Waals surface area contributed by atoms with Crippen molar-refractivity contribution in [2.45, 2.75) is 6.54 Å². The third-order valence-corrected chi connectivity index (χ3v) is 5.62. The quantitative estimate of drug-likeness (QED) is 0.243. The van der Waals surface area contributed by atoms with E-state index in [1.807, 2.05) is 32.3 Å². The Balaban J connectivity index is 2.00. The molecule has 0 aliphatic carbocycles. The molecular weight excluding hydrogens is 473 g/mol. The minimum atomic E-state index is -0.209. The summed E-state index contributed by atoms with van der Waals surface area (Å²) < 4.78 is 16.5. The number of benzene rings is 3. The van der Waals surface area contributed by atoms with Gasteiger partial charge in [-0.1, -0.05) is 35.3 Å². The van der Waals surface area contributed by atoms with Gasteiger partial charge in [0.25, 0.3) is 0 Å². The van der Waals surface area contributed by atoms with Crippen molar-refractivity contribution in [3.8, 4) is 28.4 Å². The van der Waals surface area contributed by atoms with Crippen LogP contribution in [0, 0.1) is 0 Å². The van der Waals surface area contributed by atoms with Gasteiger partial charge in [0.05, 0.1) is 26.9 Å². The van der Waals surface area contributed by atoms with Crippen molar-refractivity contribution in [2.24, 2.45) is 0 Å². The molecule has 0 saturated carbocycles. The lowest BCUT2D eigenvalue weighted by Gasteiger charge is -2.15. The van der Waals surface area contributed by atoms with Gasteiger partial charge in [-0.2, -0.15) is 0 Å². The highest BCUT2D eigenvalue weighted by Gasteiger charge is 2.17. The maximum Gasteiger partial charge on any atom is 0.189 e. The summed E-state index contributed by atoms with van der Waals surface area (Å²) in [7, 11) is 8.70. The molecule has 178 valence electrons. The Labute approximate surface area is 210 Å². The zero-order valence-corrected chi connectivity index (χ0v) is 21.3. The topological polar surface area (TPSA) is 48.0 Å². The molecule has 0 amide bonds. The number of halogens is 2. The molecular formula is C27H27Cl2NO4. The molecule has 7 heteroatoms. The van der Waals surface area contributed by atoms with E-state index in [4.69, 9.17) is 37.4 Å². The number of hydrogen-bond acceptors (Lipinski definition) is 5. The Hall–Kier alpha value is -2.99. The summed E-state index contributed by atoms with van der Waals surface area (Å²) in [5, 5.41) is 0.974. The second-order valence-electron chi connectivity index (χ2n) is 7.92. The number of hydrogen-bond donors (Lipinski definition) is 0. The molecule has 5 nitrogen and oxygen atoms in total. The Kier molecular flexibility index (Phi) is 8.61. The normalized spacial score (nSPS) is 11.2. The molecule has 0 aliphatic heterocycles. The van der Waals surface area contributed by atoms with E-state index in [0.29, 0.717) is 32.7 Å². The van der Waals surface area contributed by atoms with E-state index >= 15 is 0 Å². The van der Waals surface area contributed by atoms with E-state index in [1.54, 1.807) is 50.6 Å². The molecule has 3 aromatic rings. The molecule has 3 aromatic carbocycles. The fourth-order valence-electron chi connectivity index (χ4n) is 3.65. The third kappa shape index (κ3) is 6.11. The first kappa shape index (κ1) is 25.6. The van der Waals surface area contributed by atoms with Crippen LogP contribution in [0.2, 0.25) is 10.0 Å². The lowest BCUT2D eigenvalue weighted by atomic mass is 9.98. The highest BCUT2D eigenvalue weighted by Crippen LogP contribution is 2.38. The zero-order chi connectivity index (χ0) is 24.8. The molecule has 0 spiro atoms. The maximum atomic E-state index is 13.2. The fourth-order valence-corrected chi connectivity index (χ4v) is 4.18. The van der Waals surface area contributed by atoms with Crippen molar-refractivity contribution in [3.05, 3.63) is 81.3 Å². The van der Waals surface area contributed by atoms with E-state index in [-0.39, 0.29) is 5.78 Å². The molecule has 0 saturated heterocycles. The Morgan fingerprint density at radius 1 is 0.853 bits per heavy atom. The summed E-state index contributed by atoms with van der Waals surface area (Å²) in [4.78, 5) is 15.3. The van der Waals surface area contributed by atoms with Gasteiger partial charge >= 0.3 is 0 Å². The molecule has 0 N–H and O–H groups in total. The van der Waals surface area contributed by atoms with Crippen molar-refractivity contribution in [1.29, 1.82) is 0 Å². The van der Waals surface area contributed by atoms with Crippen molar-refractivity contribution in [2.75, 3.05) is 35.4 Å². The Morgan fingerprint density at radius 2 is 1.50 bits per heavy atom. The molecule has 0 atom stereocenters. The van der Waals surface area contributed by atoms with Gasteiger partial charge in [0.2, 0.25) is 0 Å². The van der Waals surface area contributed by atoms with Gasteiger partial charge in [0.15, 0.2) is 5.78 Å². The van der Waals surface area contributed by atoms with E-state index in [9.17, 15) is 4.79 Å². The van der Waals surface area contributed by atoms with Crippen LogP contribution in [0.1, 0.15) is 21.5 Å². The van der Waals surface area contributed by atoms with Crippen LogP contribution in [0.3, 0.4) is 0 Å². The van der Waals surface area contributed by atoms with Crippen molar-refractivity contribution in [3.63, 3.8) is 0 Å². The zero-order valence-electron chi connectivity index (χ0n) is 19.8. The molecule has 0 radical (unpaired) electrons. The van der Waals surface area contributed by atoms with Crippen LogP contribution in [0.4, 0.5) is 0 Å². The number of methoxy groups -OCH3 is 3. The lowest BCUT2D eigenvalue weighted by molar-refractivity contribution is 0.104. The molecule has 0 fully saturated rings. The van der Waals surface area contributed by atoms with Gasteiger partial charge in [0.1, 0.15) is 17.2 Å². The van der Waals surface area contributed by atoms with Gasteiger partial charge in [-0.05, 0) is 67.7 Å². The lowest BCUT2D eigenvalue weighted by Crippen LogP contribution is -2.11. The van der Waals surface area contributed by atoms with Gasteiger partial charge in [-0.25, -0.2) is 0 Å². The first-order valence-electron chi connectivity index (χ1n) is 10.5. The van der Waals surface area contributed by atoms with Crippen LogP contribution >= 0.6 is 23.2 Å². The van der Waals surface area contributed by atoms with E-state index < -0.39 is 0 Å². The second kappa shape index (κ2) is 11.4. The number of carbonyl (C=O) groups is 1. The Morgan fingerprint density at radius 3 is 2.09 bits per heavy atom. The van der Waals surface area contributed by atoms with E-state index in [1.165, 1.54) is 13.2 Å². The van der Waals surface area contributed by atoms with Crippen LogP contribution < -0.4 is 14.2 Å². The highest BCUT2D eigenvalue weighted by atomic mass is 35.5. The van der Waals surface area contributed by atoms with Gasteiger partial charge < -0.3 is 19.1 Å². The monoisotopic (exact) mass is 499 g/mol. The Bertz CT molecular complexity index is 1200.